The lowest BCUT2D eigenvalue weighted by Crippen LogP contribution is -1.97. The fourth-order valence-corrected chi connectivity index (χ4v) is 2.51. The Morgan fingerprint density at radius 1 is 1.11 bits per heavy atom. The molecule has 0 N–H and O–H groups in total. The van der Waals surface area contributed by atoms with E-state index in [1.54, 1.807) is 12.1 Å². The van der Waals surface area contributed by atoms with Crippen LogP contribution in [0.25, 0.3) is 0 Å². The van der Waals surface area contributed by atoms with Crippen LogP contribution < -0.4 is 0 Å². The molecule has 0 spiro atoms. The van der Waals surface area contributed by atoms with Crippen molar-refractivity contribution in [2.45, 2.75) is 25.1 Å². The fourth-order valence-electron chi connectivity index (χ4n) is 2.03. The van der Waals surface area contributed by atoms with E-state index >= 15 is 0 Å². The first kappa shape index (κ1) is 14.4. The summed E-state index contributed by atoms with van der Waals surface area (Å²) in [7, 11) is 0. The Labute approximate surface area is 123 Å². The van der Waals surface area contributed by atoms with Crippen molar-refractivity contribution >= 4 is 23.2 Å². The van der Waals surface area contributed by atoms with E-state index in [9.17, 15) is 4.39 Å². The van der Waals surface area contributed by atoms with Gasteiger partial charge in [0, 0.05) is 10.6 Å². The smallest absolute Gasteiger partial charge is 0.129 e. The van der Waals surface area contributed by atoms with Gasteiger partial charge in [0.15, 0.2) is 0 Å². The molecule has 0 aromatic heterocycles. The molecule has 0 aliphatic heterocycles. The molecule has 0 fully saturated rings. The lowest BCUT2D eigenvalue weighted by molar-refractivity contribution is 0.612. The quantitative estimate of drug-likeness (QED) is 0.629. The molecule has 0 heterocycles. The van der Waals surface area contributed by atoms with Crippen molar-refractivity contribution in [1.29, 1.82) is 0 Å². The zero-order chi connectivity index (χ0) is 13.8. The molecule has 100 valence electrons. The summed E-state index contributed by atoms with van der Waals surface area (Å²) in [6.45, 7) is 2.14. The van der Waals surface area contributed by atoms with Crippen molar-refractivity contribution in [3.63, 3.8) is 0 Å². The van der Waals surface area contributed by atoms with Crippen LogP contribution in [0, 0.1) is 5.82 Å². The molecule has 2 aromatic carbocycles. The summed E-state index contributed by atoms with van der Waals surface area (Å²) in [5, 5.41) is -0.114. The van der Waals surface area contributed by atoms with Crippen LogP contribution >= 0.6 is 23.2 Å². The van der Waals surface area contributed by atoms with E-state index in [2.05, 4.69) is 6.92 Å². The number of halogens is 3. The maximum absolute atomic E-state index is 13.8. The van der Waals surface area contributed by atoms with Crippen LogP contribution in [0.3, 0.4) is 0 Å². The van der Waals surface area contributed by atoms with Crippen molar-refractivity contribution < 1.29 is 4.39 Å². The van der Waals surface area contributed by atoms with E-state index < -0.39 is 5.38 Å². The van der Waals surface area contributed by atoms with Gasteiger partial charge in [-0.25, -0.2) is 4.39 Å². The molecule has 2 aromatic rings. The summed E-state index contributed by atoms with van der Waals surface area (Å²) in [5.41, 5.74) is 2.61. The number of hydrogen-bond acceptors (Lipinski definition) is 0. The number of hydrogen-bond donors (Lipinski definition) is 0. The number of alkyl halides is 1. The molecule has 0 aliphatic carbocycles. The Morgan fingerprint density at radius 2 is 1.79 bits per heavy atom. The summed E-state index contributed by atoms with van der Waals surface area (Å²) < 4.78 is 13.8. The van der Waals surface area contributed by atoms with Gasteiger partial charge in [-0.2, -0.15) is 0 Å². The third kappa shape index (κ3) is 3.49. The second-order valence-electron chi connectivity index (χ2n) is 4.52. The van der Waals surface area contributed by atoms with Gasteiger partial charge in [-0.1, -0.05) is 55.3 Å². The minimum absolute atomic E-state index is 0.370. The first-order valence-corrected chi connectivity index (χ1v) is 7.11. The molecule has 1 atom stereocenters. The van der Waals surface area contributed by atoms with Crippen LogP contribution in [0.2, 0.25) is 5.02 Å². The van der Waals surface area contributed by atoms with E-state index in [4.69, 9.17) is 23.2 Å². The Morgan fingerprint density at radius 3 is 2.37 bits per heavy atom. The fraction of sp³-hybridized carbons (Fsp3) is 0.250. The zero-order valence-corrected chi connectivity index (χ0v) is 12.2. The average Bonchev–Trinajstić information content (AvgIpc) is 2.39. The normalized spacial score (nSPS) is 12.4. The van der Waals surface area contributed by atoms with Gasteiger partial charge >= 0.3 is 0 Å². The topological polar surface area (TPSA) is 0 Å². The van der Waals surface area contributed by atoms with Gasteiger partial charge in [-0.05, 0) is 29.7 Å². The predicted molar refractivity (Wildman–Crippen MR) is 79.5 cm³/mol. The molecule has 3 heteroatoms. The molecule has 0 radical (unpaired) electrons. The highest BCUT2D eigenvalue weighted by Crippen LogP contribution is 2.31. The molecule has 2 rings (SSSR count). The summed E-state index contributed by atoms with van der Waals surface area (Å²) in [6.07, 6.45) is 2.15. The van der Waals surface area contributed by atoms with Crippen molar-refractivity contribution in [3.05, 3.63) is 70.0 Å². The van der Waals surface area contributed by atoms with Crippen molar-refractivity contribution in [2.75, 3.05) is 0 Å². The maximum Gasteiger partial charge on any atom is 0.129 e. The zero-order valence-electron chi connectivity index (χ0n) is 10.7. The van der Waals surface area contributed by atoms with Gasteiger partial charge in [-0.15, -0.1) is 11.6 Å². The highest BCUT2D eigenvalue weighted by atomic mass is 35.5. The highest BCUT2D eigenvalue weighted by molar-refractivity contribution is 6.30. The third-order valence-corrected chi connectivity index (χ3v) is 3.77. The minimum atomic E-state index is -0.493. The summed E-state index contributed by atoms with van der Waals surface area (Å²) in [6, 6.07) is 12.6. The van der Waals surface area contributed by atoms with Gasteiger partial charge in [0.1, 0.15) is 5.82 Å². The van der Waals surface area contributed by atoms with Gasteiger partial charge in [-0.3, -0.25) is 0 Å². The van der Waals surface area contributed by atoms with E-state index in [0.717, 1.165) is 18.4 Å². The Balaban J connectivity index is 2.25. The third-order valence-electron chi connectivity index (χ3n) is 3.05. The average molecular weight is 297 g/mol. The maximum atomic E-state index is 13.8. The number of benzene rings is 2. The molecule has 0 nitrogen and oxygen atoms in total. The SMILES string of the molecule is CCCc1ccc(C(Cl)c2ccc(Cl)cc2F)cc1. The van der Waals surface area contributed by atoms with E-state index in [1.165, 1.54) is 11.6 Å². The minimum Gasteiger partial charge on any atom is -0.207 e. The molecular formula is C16H15Cl2F. The lowest BCUT2D eigenvalue weighted by Gasteiger charge is -2.12. The number of rotatable bonds is 4. The van der Waals surface area contributed by atoms with E-state index in [1.807, 2.05) is 24.3 Å². The van der Waals surface area contributed by atoms with Crippen molar-refractivity contribution in [2.24, 2.45) is 0 Å². The van der Waals surface area contributed by atoms with Gasteiger partial charge in [0.25, 0.3) is 0 Å². The van der Waals surface area contributed by atoms with E-state index in [0.29, 0.717) is 10.6 Å². The summed E-state index contributed by atoms with van der Waals surface area (Å²) >= 11 is 12.1. The molecule has 0 aliphatic rings. The van der Waals surface area contributed by atoms with Gasteiger partial charge < -0.3 is 0 Å². The van der Waals surface area contributed by atoms with Gasteiger partial charge in [0.2, 0.25) is 0 Å². The van der Waals surface area contributed by atoms with Crippen LogP contribution in [-0.2, 0) is 6.42 Å². The predicted octanol–water partition coefficient (Wildman–Crippen LogP) is 5.76. The first-order chi connectivity index (χ1) is 9.11. The largest absolute Gasteiger partial charge is 0.207 e. The summed E-state index contributed by atoms with van der Waals surface area (Å²) in [5.74, 6) is -0.370. The molecular weight excluding hydrogens is 282 g/mol. The summed E-state index contributed by atoms with van der Waals surface area (Å²) in [4.78, 5) is 0. The van der Waals surface area contributed by atoms with Crippen molar-refractivity contribution in [3.8, 4) is 0 Å². The molecule has 0 amide bonds. The molecule has 0 saturated heterocycles. The molecule has 1 unspecified atom stereocenters. The van der Waals surface area contributed by atoms with Gasteiger partial charge in [0.05, 0.1) is 5.38 Å². The van der Waals surface area contributed by atoms with E-state index in [-0.39, 0.29) is 5.82 Å². The van der Waals surface area contributed by atoms with Crippen LogP contribution in [-0.4, -0.2) is 0 Å². The van der Waals surface area contributed by atoms with Crippen LogP contribution in [0.15, 0.2) is 42.5 Å². The molecule has 0 saturated carbocycles. The monoisotopic (exact) mass is 296 g/mol. The Bertz CT molecular complexity index is 549. The molecule has 19 heavy (non-hydrogen) atoms. The van der Waals surface area contributed by atoms with Crippen molar-refractivity contribution in [1.82, 2.24) is 0 Å². The standard InChI is InChI=1S/C16H15Cl2F/c1-2-3-11-4-6-12(7-5-11)16(18)14-9-8-13(17)10-15(14)19/h4-10,16H,2-3H2,1H3. The first-order valence-electron chi connectivity index (χ1n) is 6.29. The number of aryl methyl sites for hydroxylation is 1. The second-order valence-corrected chi connectivity index (χ2v) is 5.39. The second kappa shape index (κ2) is 6.40. The Kier molecular flexibility index (Phi) is 4.84. The van der Waals surface area contributed by atoms with Crippen LogP contribution in [0.4, 0.5) is 4.39 Å². The molecule has 0 bridgehead atoms. The van der Waals surface area contributed by atoms with Crippen LogP contribution in [0.1, 0.15) is 35.4 Å². The van der Waals surface area contributed by atoms with Crippen LogP contribution in [0.5, 0.6) is 0 Å². The lowest BCUT2D eigenvalue weighted by atomic mass is 10.0. The highest BCUT2D eigenvalue weighted by Gasteiger charge is 2.15. The Hall–Kier alpha value is -1.05.